The van der Waals surface area contributed by atoms with Crippen molar-refractivity contribution < 1.29 is 4.74 Å². The Labute approximate surface area is 81.5 Å². The summed E-state index contributed by atoms with van der Waals surface area (Å²) in [5.41, 5.74) is 0.0476. The first kappa shape index (κ1) is 8.90. The molecule has 72 valence electrons. The van der Waals surface area contributed by atoms with Crippen LogP contribution in [0.25, 0.3) is 0 Å². The van der Waals surface area contributed by atoms with Gasteiger partial charge in [0.2, 0.25) is 5.13 Å². The predicted octanol–water partition coefficient (Wildman–Crippen LogP) is 1.44. The second kappa shape index (κ2) is 3.23. The Morgan fingerprint density at radius 3 is 3.00 bits per heavy atom. The van der Waals surface area contributed by atoms with E-state index in [4.69, 9.17) is 4.74 Å². The summed E-state index contributed by atoms with van der Waals surface area (Å²) in [6.45, 7) is 5.64. The number of aryl methyl sites for hydroxylation is 1. The third-order valence-electron chi connectivity index (χ3n) is 2.16. The number of aromatic nitrogens is 2. The number of hydrogen-bond acceptors (Lipinski definition) is 5. The molecule has 1 N–H and O–H groups in total. The molecule has 1 unspecified atom stereocenters. The van der Waals surface area contributed by atoms with E-state index in [0.717, 1.165) is 30.6 Å². The second-order valence-electron chi connectivity index (χ2n) is 3.63. The summed E-state index contributed by atoms with van der Waals surface area (Å²) >= 11 is 1.41. The van der Waals surface area contributed by atoms with Crippen molar-refractivity contribution in [2.24, 2.45) is 0 Å². The fourth-order valence-corrected chi connectivity index (χ4v) is 2.10. The lowest BCUT2D eigenvalue weighted by Gasteiger charge is -2.22. The first-order valence-electron chi connectivity index (χ1n) is 4.34. The molecule has 0 amide bonds. The highest BCUT2D eigenvalue weighted by Crippen LogP contribution is 2.24. The summed E-state index contributed by atoms with van der Waals surface area (Å²) in [7, 11) is 0. The standard InChI is InChI=1S/C8H13N3OS/c1-6-9-7(13-11-6)10-8(2)3-4-12-5-8/h3-5H2,1-2H3,(H,9,10,11). The quantitative estimate of drug-likeness (QED) is 0.783. The van der Waals surface area contributed by atoms with E-state index < -0.39 is 0 Å². The molecule has 0 aliphatic carbocycles. The molecular weight excluding hydrogens is 186 g/mol. The van der Waals surface area contributed by atoms with Gasteiger partial charge in [-0.3, -0.25) is 0 Å². The predicted molar refractivity (Wildman–Crippen MR) is 52.1 cm³/mol. The van der Waals surface area contributed by atoms with Gasteiger partial charge in [0, 0.05) is 18.1 Å². The zero-order valence-corrected chi connectivity index (χ0v) is 8.65. The van der Waals surface area contributed by atoms with Crippen LogP contribution in [0.15, 0.2) is 0 Å². The van der Waals surface area contributed by atoms with Gasteiger partial charge >= 0.3 is 0 Å². The fraction of sp³-hybridized carbons (Fsp3) is 0.750. The molecule has 1 aromatic rings. The van der Waals surface area contributed by atoms with Crippen molar-refractivity contribution in [1.29, 1.82) is 0 Å². The lowest BCUT2D eigenvalue weighted by atomic mass is 10.0. The molecule has 0 spiro atoms. The van der Waals surface area contributed by atoms with Gasteiger partial charge in [0.15, 0.2) is 0 Å². The molecule has 1 aliphatic rings. The molecule has 0 aromatic carbocycles. The van der Waals surface area contributed by atoms with Gasteiger partial charge in [0.1, 0.15) is 5.82 Å². The highest BCUT2D eigenvalue weighted by atomic mass is 32.1. The van der Waals surface area contributed by atoms with Crippen molar-refractivity contribution in [1.82, 2.24) is 9.36 Å². The average Bonchev–Trinajstić information content (AvgIpc) is 2.62. The smallest absolute Gasteiger partial charge is 0.203 e. The van der Waals surface area contributed by atoms with E-state index in [9.17, 15) is 0 Å². The summed E-state index contributed by atoms with van der Waals surface area (Å²) in [5.74, 6) is 0.829. The van der Waals surface area contributed by atoms with E-state index in [1.54, 1.807) is 0 Å². The van der Waals surface area contributed by atoms with E-state index in [0.29, 0.717) is 0 Å². The molecule has 0 radical (unpaired) electrons. The maximum absolute atomic E-state index is 5.33. The molecule has 2 rings (SSSR count). The van der Waals surface area contributed by atoms with Crippen molar-refractivity contribution >= 4 is 16.7 Å². The molecule has 5 heteroatoms. The highest BCUT2D eigenvalue weighted by Gasteiger charge is 2.30. The lowest BCUT2D eigenvalue weighted by molar-refractivity contribution is 0.185. The molecular formula is C8H13N3OS. The molecule has 0 bridgehead atoms. The summed E-state index contributed by atoms with van der Waals surface area (Å²) in [4.78, 5) is 4.26. The van der Waals surface area contributed by atoms with Gasteiger partial charge in [-0.05, 0) is 20.3 Å². The third-order valence-corrected chi connectivity index (χ3v) is 2.88. The topological polar surface area (TPSA) is 47.0 Å². The molecule has 13 heavy (non-hydrogen) atoms. The van der Waals surface area contributed by atoms with Crippen LogP contribution in [0.4, 0.5) is 5.13 Å². The van der Waals surface area contributed by atoms with Crippen molar-refractivity contribution in [3.8, 4) is 0 Å². The van der Waals surface area contributed by atoms with Gasteiger partial charge < -0.3 is 10.1 Å². The van der Waals surface area contributed by atoms with Crippen LogP contribution < -0.4 is 5.32 Å². The molecule has 2 heterocycles. The van der Waals surface area contributed by atoms with Crippen LogP contribution in [0.1, 0.15) is 19.2 Å². The maximum Gasteiger partial charge on any atom is 0.203 e. The minimum Gasteiger partial charge on any atom is -0.379 e. The summed E-state index contributed by atoms with van der Waals surface area (Å²) in [6.07, 6.45) is 1.03. The monoisotopic (exact) mass is 199 g/mol. The van der Waals surface area contributed by atoms with Gasteiger partial charge in [-0.15, -0.1) is 0 Å². The first-order valence-corrected chi connectivity index (χ1v) is 5.12. The van der Waals surface area contributed by atoms with E-state index in [1.807, 2.05) is 6.92 Å². The van der Waals surface area contributed by atoms with Crippen LogP contribution in [0.2, 0.25) is 0 Å². The van der Waals surface area contributed by atoms with Crippen molar-refractivity contribution in [3.63, 3.8) is 0 Å². The van der Waals surface area contributed by atoms with E-state index in [1.165, 1.54) is 11.5 Å². The molecule has 1 aliphatic heterocycles. The van der Waals surface area contributed by atoms with E-state index in [2.05, 4.69) is 21.6 Å². The molecule has 0 saturated carbocycles. The molecule has 1 fully saturated rings. The van der Waals surface area contributed by atoms with Gasteiger partial charge in [0.05, 0.1) is 12.1 Å². The molecule has 1 atom stereocenters. The summed E-state index contributed by atoms with van der Waals surface area (Å²) in [5, 5.41) is 4.25. The minimum absolute atomic E-state index is 0.0476. The largest absolute Gasteiger partial charge is 0.379 e. The number of rotatable bonds is 2. The van der Waals surface area contributed by atoms with Gasteiger partial charge in [-0.1, -0.05) is 0 Å². The van der Waals surface area contributed by atoms with Crippen LogP contribution in [0.3, 0.4) is 0 Å². The highest BCUT2D eigenvalue weighted by molar-refractivity contribution is 7.09. The van der Waals surface area contributed by atoms with Crippen LogP contribution in [0.5, 0.6) is 0 Å². The van der Waals surface area contributed by atoms with Gasteiger partial charge in [-0.25, -0.2) is 4.98 Å². The Balaban J connectivity index is 2.04. The number of ether oxygens (including phenoxy) is 1. The Hall–Kier alpha value is -0.680. The SMILES string of the molecule is Cc1nsc(NC2(C)CCOC2)n1. The Bertz CT molecular complexity index is 293. The maximum atomic E-state index is 5.33. The van der Waals surface area contributed by atoms with Crippen molar-refractivity contribution in [2.75, 3.05) is 18.5 Å². The Morgan fingerprint density at radius 1 is 1.62 bits per heavy atom. The number of hydrogen-bond donors (Lipinski definition) is 1. The zero-order valence-electron chi connectivity index (χ0n) is 7.83. The molecule has 1 aromatic heterocycles. The summed E-state index contributed by atoms with van der Waals surface area (Å²) < 4.78 is 9.45. The Kier molecular flexibility index (Phi) is 2.21. The van der Waals surface area contributed by atoms with Crippen LogP contribution in [-0.4, -0.2) is 28.1 Å². The van der Waals surface area contributed by atoms with Crippen molar-refractivity contribution in [2.45, 2.75) is 25.8 Å². The number of anilines is 1. The molecule has 1 saturated heterocycles. The van der Waals surface area contributed by atoms with E-state index >= 15 is 0 Å². The minimum atomic E-state index is 0.0476. The van der Waals surface area contributed by atoms with Gasteiger partial charge in [-0.2, -0.15) is 4.37 Å². The lowest BCUT2D eigenvalue weighted by Crippen LogP contribution is -2.34. The zero-order chi connectivity index (χ0) is 9.31. The third kappa shape index (κ3) is 1.97. The van der Waals surface area contributed by atoms with Crippen LogP contribution in [0, 0.1) is 6.92 Å². The number of nitrogens with zero attached hydrogens (tertiary/aromatic N) is 2. The normalized spacial score (nSPS) is 27.8. The number of nitrogens with one attached hydrogen (secondary N) is 1. The summed E-state index contributed by atoms with van der Waals surface area (Å²) in [6, 6.07) is 0. The first-order chi connectivity index (χ1) is 6.18. The molecule has 4 nitrogen and oxygen atoms in total. The van der Waals surface area contributed by atoms with Crippen molar-refractivity contribution in [3.05, 3.63) is 5.82 Å². The van der Waals surface area contributed by atoms with E-state index in [-0.39, 0.29) is 5.54 Å². The fourth-order valence-electron chi connectivity index (χ4n) is 1.37. The average molecular weight is 199 g/mol. The van der Waals surface area contributed by atoms with Crippen LogP contribution >= 0.6 is 11.5 Å². The second-order valence-corrected chi connectivity index (χ2v) is 4.39. The van der Waals surface area contributed by atoms with Gasteiger partial charge in [0.25, 0.3) is 0 Å². The Morgan fingerprint density at radius 2 is 2.46 bits per heavy atom. The van der Waals surface area contributed by atoms with Crippen LogP contribution in [-0.2, 0) is 4.74 Å².